The van der Waals surface area contributed by atoms with Gasteiger partial charge in [-0.05, 0) is 11.6 Å². The van der Waals surface area contributed by atoms with Crippen LogP contribution in [0.5, 0.6) is 0 Å². The van der Waals surface area contributed by atoms with Gasteiger partial charge in [0.05, 0.1) is 13.5 Å². The van der Waals surface area contributed by atoms with Crippen molar-refractivity contribution in [1.29, 1.82) is 0 Å². The van der Waals surface area contributed by atoms with Gasteiger partial charge in [0.25, 0.3) is 0 Å². The third-order valence-corrected chi connectivity index (χ3v) is 2.94. The number of carbonyl (C=O) groups excluding carboxylic acids is 2. The first-order valence-corrected chi connectivity index (χ1v) is 5.89. The van der Waals surface area contributed by atoms with Gasteiger partial charge in [0.15, 0.2) is 0 Å². The van der Waals surface area contributed by atoms with Crippen LogP contribution in [0.3, 0.4) is 0 Å². The second-order valence-electron chi connectivity index (χ2n) is 4.18. The Labute approximate surface area is 118 Å². The van der Waals surface area contributed by atoms with Crippen LogP contribution >= 0.6 is 12.4 Å². The van der Waals surface area contributed by atoms with Crippen LogP contribution in [-0.4, -0.2) is 31.6 Å². The lowest BCUT2D eigenvalue weighted by molar-refractivity contribution is -0.140. The van der Waals surface area contributed by atoms with Crippen molar-refractivity contribution in [2.45, 2.75) is 18.9 Å². The fourth-order valence-electron chi connectivity index (χ4n) is 1.97. The summed E-state index contributed by atoms with van der Waals surface area (Å²) in [5, 5.41) is 5.88. The van der Waals surface area contributed by atoms with E-state index in [1.807, 2.05) is 24.3 Å². The highest BCUT2D eigenvalue weighted by Gasteiger charge is 2.25. The zero-order chi connectivity index (χ0) is 13.0. The summed E-state index contributed by atoms with van der Waals surface area (Å²) in [6, 6.07) is 7.60. The van der Waals surface area contributed by atoms with E-state index in [4.69, 9.17) is 0 Å². The Kier molecular flexibility index (Phi) is 5.63. The number of hydrogen-bond donors (Lipinski definition) is 2. The van der Waals surface area contributed by atoms with Gasteiger partial charge in [-0.3, -0.25) is 9.59 Å². The van der Waals surface area contributed by atoms with Crippen molar-refractivity contribution in [2.24, 2.45) is 0 Å². The molecule has 0 bridgehead atoms. The SMILES string of the molecule is COC(=O)CCNC(=O)[C@@H]1Cc2ccccc2N1.Cl. The minimum absolute atomic E-state index is 0. The van der Waals surface area contributed by atoms with Crippen LogP contribution in [0.25, 0.3) is 0 Å². The number of rotatable bonds is 4. The minimum atomic E-state index is -0.321. The number of carbonyl (C=O) groups is 2. The number of nitrogens with one attached hydrogen (secondary N) is 2. The predicted molar refractivity (Wildman–Crippen MR) is 74.4 cm³/mol. The Hall–Kier alpha value is -1.75. The summed E-state index contributed by atoms with van der Waals surface area (Å²) in [5.41, 5.74) is 2.15. The van der Waals surface area contributed by atoms with Gasteiger partial charge in [-0.1, -0.05) is 18.2 Å². The average molecular weight is 285 g/mol. The van der Waals surface area contributed by atoms with Gasteiger partial charge in [0.1, 0.15) is 6.04 Å². The molecule has 6 heteroatoms. The molecule has 1 heterocycles. The van der Waals surface area contributed by atoms with E-state index < -0.39 is 0 Å². The Morgan fingerprint density at radius 3 is 2.84 bits per heavy atom. The number of anilines is 1. The van der Waals surface area contributed by atoms with Crippen molar-refractivity contribution in [2.75, 3.05) is 19.0 Å². The molecule has 104 valence electrons. The number of fused-ring (bicyclic) bond motifs is 1. The van der Waals surface area contributed by atoms with Crippen LogP contribution in [0.15, 0.2) is 24.3 Å². The maximum absolute atomic E-state index is 11.9. The number of ether oxygens (including phenoxy) is 1. The number of para-hydroxylation sites is 1. The molecule has 0 saturated heterocycles. The van der Waals surface area contributed by atoms with Gasteiger partial charge in [0, 0.05) is 18.7 Å². The molecule has 2 N–H and O–H groups in total. The highest BCUT2D eigenvalue weighted by atomic mass is 35.5. The first kappa shape index (κ1) is 15.3. The molecule has 1 aliphatic heterocycles. The first-order valence-electron chi connectivity index (χ1n) is 5.89. The van der Waals surface area contributed by atoms with Gasteiger partial charge >= 0.3 is 5.97 Å². The van der Waals surface area contributed by atoms with E-state index in [0.29, 0.717) is 13.0 Å². The molecule has 1 aromatic carbocycles. The quantitative estimate of drug-likeness (QED) is 0.813. The molecule has 0 spiro atoms. The molecule has 5 nitrogen and oxygen atoms in total. The van der Waals surface area contributed by atoms with Crippen molar-refractivity contribution in [1.82, 2.24) is 5.32 Å². The molecular formula is C13H17ClN2O3. The van der Waals surface area contributed by atoms with Gasteiger partial charge in [-0.2, -0.15) is 0 Å². The van der Waals surface area contributed by atoms with Crippen LogP contribution in [-0.2, 0) is 20.7 Å². The molecule has 1 amide bonds. The van der Waals surface area contributed by atoms with Crippen molar-refractivity contribution < 1.29 is 14.3 Å². The van der Waals surface area contributed by atoms with E-state index in [2.05, 4.69) is 15.4 Å². The van der Waals surface area contributed by atoms with Gasteiger partial charge in [-0.15, -0.1) is 12.4 Å². The Morgan fingerprint density at radius 1 is 1.42 bits per heavy atom. The van der Waals surface area contributed by atoms with E-state index in [1.54, 1.807) is 0 Å². The second-order valence-corrected chi connectivity index (χ2v) is 4.18. The fraction of sp³-hybridized carbons (Fsp3) is 0.385. The summed E-state index contributed by atoms with van der Waals surface area (Å²) >= 11 is 0. The zero-order valence-electron chi connectivity index (χ0n) is 10.6. The smallest absolute Gasteiger partial charge is 0.307 e. The molecule has 0 aliphatic carbocycles. The van der Waals surface area contributed by atoms with Crippen LogP contribution in [0.4, 0.5) is 5.69 Å². The molecule has 0 fully saturated rings. The summed E-state index contributed by atoms with van der Waals surface area (Å²) in [6.07, 6.45) is 0.877. The van der Waals surface area contributed by atoms with Crippen LogP contribution < -0.4 is 10.6 Å². The highest BCUT2D eigenvalue weighted by Crippen LogP contribution is 2.24. The zero-order valence-corrected chi connectivity index (χ0v) is 11.5. The topological polar surface area (TPSA) is 67.4 Å². The largest absolute Gasteiger partial charge is 0.469 e. The lowest BCUT2D eigenvalue weighted by atomic mass is 10.1. The van der Waals surface area contributed by atoms with Crippen molar-refractivity contribution in [3.8, 4) is 0 Å². The number of methoxy groups -OCH3 is 1. The summed E-state index contributed by atoms with van der Waals surface area (Å²) in [5.74, 6) is -0.409. The van der Waals surface area contributed by atoms with E-state index >= 15 is 0 Å². The Bertz CT molecular complexity index is 440. The van der Waals surface area contributed by atoms with Crippen molar-refractivity contribution in [3.63, 3.8) is 0 Å². The summed E-state index contributed by atoms with van der Waals surface area (Å²) < 4.78 is 4.50. The predicted octanol–water partition coefficient (Wildman–Crippen LogP) is 1.12. The lowest BCUT2D eigenvalue weighted by Crippen LogP contribution is -2.39. The first-order chi connectivity index (χ1) is 8.70. The van der Waals surface area contributed by atoms with Crippen LogP contribution in [0.2, 0.25) is 0 Å². The number of amides is 1. The van der Waals surface area contributed by atoms with Crippen LogP contribution in [0, 0.1) is 0 Å². The molecule has 0 radical (unpaired) electrons. The number of hydrogen-bond acceptors (Lipinski definition) is 4. The van der Waals surface area contributed by atoms with Crippen LogP contribution in [0.1, 0.15) is 12.0 Å². The highest BCUT2D eigenvalue weighted by molar-refractivity contribution is 5.87. The van der Waals surface area contributed by atoms with Gasteiger partial charge < -0.3 is 15.4 Å². The minimum Gasteiger partial charge on any atom is -0.469 e. The molecule has 1 aromatic rings. The van der Waals surface area contributed by atoms with E-state index in [1.165, 1.54) is 7.11 Å². The second kappa shape index (κ2) is 6.99. The number of esters is 1. The molecule has 1 aliphatic rings. The summed E-state index contributed by atoms with van der Waals surface area (Å²) in [6.45, 7) is 0.306. The van der Waals surface area contributed by atoms with Gasteiger partial charge in [-0.25, -0.2) is 0 Å². The number of benzene rings is 1. The molecule has 1 atom stereocenters. The maximum Gasteiger partial charge on any atom is 0.307 e. The Morgan fingerprint density at radius 2 is 2.16 bits per heavy atom. The third kappa shape index (κ3) is 3.86. The molecule has 0 saturated carbocycles. The lowest BCUT2D eigenvalue weighted by Gasteiger charge is -2.11. The molecular weight excluding hydrogens is 268 g/mol. The monoisotopic (exact) mass is 284 g/mol. The molecule has 2 rings (SSSR count). The molecule has 0 unspecified atom stereocenters. The van der Waals surface area contributed by atoms with Crippen molar-refractivity contribution in [3.05, 3.63) is 29.8 Å². The normalized spacial score (nSPS) is 15.7. The third-order valence-electron chi connectivity index (χ3n) is 2.94. The standard InChI is InChI=1S/C13H16N2O3.ClH/c1-18-12(16)6-7-14-13(17)11-8-9-4-2-3-5-10(9)15-11;/h2-5,11,15H,6-8H2,1H3,(H,14,17);1H/t11-;/m0./s1. The fourth-order valence-corrected chi connectivity index (χ4v) is 1.97. The van der Waals surface area contributed by atoms with E-state index in [-0.39, 0.29) is 36.7 Å². The van der Waals surface area contributed by atoms with Crippen molar-refractivity contribution >= 4 is 30.0 Å². The van der Waals surface area contributed by atoms with E-state index in [0.717, 1.165) is 11.3 Å². The maximum atomic E-state index is 11.9. The molecule has 0 aromatic heterocycles. The Balaban J connectivity index is 0.00000180. The number of halogens is 1. The molecule has 19 heavy (non-hydrogen) atoms. The van der Waals surface area contributed by atoms with Gasteiger partial charge in [0.2, 0.25) is 5.91 Å². The average Bonchev–Trinajstić information content (AvgIpc) is 2.82. The summed E-state index contributed by atoms with van der Waals surface area (Å²) in [4.78, 5) is 22.8. The summed E-state index contributed by atoms with van der Waals surface area (Å²) in [7, 11) is 1.33. The van der Waals surface area contributed by atoms with E-state index in [9.17, 15) is 9.59 Å².